The van der Waals surface area contributed by atoms with Crippen LogP contribution in [0.5, 0.6) is 0 Å². The Hall–Kier alpha value is -1.92. The van der Waals surface area contributed by atoms with E-state index in [1.54, 1.807) is 11.9 Å². The highest BCUT2D eigenvalue weighted by molar-refractivity contribution is 5.77. The molecule has 0 aliphatic rings. The van der Waals surface area contributed by atoms with Gasteiger partial charge >= 0.3 is 5.97 Å². The van der Waals surface area contributed by atoms with Crippen molar-refractivity contribution < 1.29 is 15.0 Å². The lowest BCUT2D eigenvalue weighted by atomic mass is 10.2. The zero-order valence-corrected chi connectivity index (χ0v) is 12.6. The zero-order chi connectivity index (χ0) is 15.6. The summed E-state index contributed by atoms with van der Waals surface area (Å²) in [4.78, 5) is 17.2. The van der Waals surface area contributed by atoms with Gasteiger partial charge in [0.2, 0.25) is 0 Å². The predicted octanol–water partition coefficient (Wildman–Crippen LogP) is 1.41. The molecule has 1 aromatic carbocycles. The molecule has 0 fully saturated rings. The maximum Gasteiger partial charge on any atom is 0.317 e. The zero-order valence-electron chi connectivity index (χ0n) is 12.6. The van der Waals surface area contributed by atoms with E-state index < -0.39 is 5.97 Å². The third-order valence-electron chi connectivity index (χ3n) is 3.68. The Kier molecular flexibility index (Phi) is 4.59. The van der Waals surface area contributed by atoms with Crippen LogP contribution in [0.15, 0.2) is 18.2 Å². The Morgan fingerprint density at radius 1 is 1.48 bits per heavy atom. The smallest absolute Gasteiger partial charge is 0.317 e. The number of nitrogens with zero attached hydrogens (tertiary/aromatic N) is 3. The minimum absolute atomic E-state index is 0.0156. The molecule has 6 heteroatoms. The van der Waals surface area contributed by atoms with Crippen LogP contribution in [0.4, 0.5) is 0 Å². The second-order valence-corrected chi connectivity index (χ2v) is 5.32. The Morgan fingerprint density at radius 3 is 2.81 bits per heavy atom. The average Bonchev–Trinajstić information content (AvgIpc) is 2.75. The molecule has 0 saturated carbocycles. The molecule has 2 N–H and O–H groups in total. The van der Waals surface area contributed by atoms with E-state index in [4.69, 9.17) is 5.11 Å². The number of carboxylic acids is 1. The van der Waals surface area contributed by atoms with Crippen molar-refractivity contribution in [3.05, 3.63) is 29.6 Å². The number of rotatable bonds is 6. The lowest BCUT2D eigenvalue weighted by molar-refractivity contribution is -0.138. The molecule has 2 rings (SSSR count). The fourth-order valence-corrected chi connectivity index (χ4v) is 2.46. The number of likely N-dealkylation sites (N-methyl/N-ethyl adjacent to an activating group) is 1. The number of carboxylic acid groups (broad SMARTS) is 1. The highest BCUT2D eigenvalue weighted by atomic mass is 16.4. The van der Waals surface area contributed by atoms with Gasteiger partial charge in [0.1, 0.15) is 5.82 Å². The van der Waals surface area contributed by atoms with Crippen molar-refractivity contribution in [2.75, 3.05) is 20.2 Å². The molecule has 0 aliphatic carbocycles. The molecule has 6 nitrogen and oxygen atoms in total. The quantitative estimate of drug-likeness (QED) is 0.841. The van der Waals surface area contributed by atoms with Gasteiger partial charge in [-0.05, 0) is 38.6 Å². The molecule has 1 unspecified atom stereocenters. The summed E-state index contributed by atoms with van der Waals surface area (Å²) in [5, 5.41) is 18.2. The van der Waals surface area contributed by atoms with E-state index in [0.717, 1.165) is 22.4 Å². The Morgan fingerprint density at radius 2 is 2.19 bits per heavy atom. The first-order valence-corrected chi connectivity index (χ1v) is 6.93. The Labute approximate surface area is 123 Å². The van der Waals surface area contributed by atoms with Gasteiger partial charge in [0.05, 0.1) is 30.2 Å². The van der Waals surface area contributed by atoms with E-state index in [9.17, 15) is 9.90 Å². The number of aliphatic hydroxyl groups excluding tert-OH is 1. The molecular weight excluding hydrogens is 270 g/mol. The summed E-state index contributed by atoms with van der Waals surface area (Å²) in [6.07, 6.45) is 0. The average molecular weight is 291 g/mol. The standard InChI is InChI=1S/C15H21N3O3/c1-10-4-5-13-12(8-10)16-15(18(13)6-7-19)11(2)17(3)9-14(20)21/h4-5,8,11,19H,6-7,9H2,1-3H3,(H,20,21). The first-order chi connectivity index (χ1) is 9.93. The van der Waals surface area contributed by atoms with Crippen molar-refractivity contribution >= 4 is 17.0 Å². The van der Waals surface area contributed by atoms with Crippen LogP contribution < -0.4 is 0 Å². The summed E-state index contributed by atoms with van der Waals surface area (Å²) >= 11 is 0. The van der Waals surface area contributed by atoms with Crippen molar-refractivity contribution in [1.29, 1.82) is 0 Å². The number of aromatic nitrogens is 2. The van der Waals surface area contributed by atoms with Crippen LogP contribution in [0.25, 0.3) is 11.0 Å². The normalized spacial score (nSPS) is 13.0. The van der Waals surface area contributed by atoms with Gasteiger partial charge in [0, 0.05) is 6.54 Å². The highest BCUT2D eigenvalue weighted by Gasteiger charge is 2.21. The number of benzene rings is 1. The lowest BCUT2D eigenvalue weighted by Crippen LogP contribution is -2.30. The van der Waals surface area contributed by atoms with Gasteiger partial charge in [-0.15, -0.1) is 0 Å². The van der Waals surface area contributed by atoms with Crippen molar-refractivity contribution in [3.63, 3.8) is 0 Å². The molecule has 1 atom stereocenters. The van der Waals surface area contributed by atoms with E-state index in [2.05, 4.69) is 4.98 Å². The summed E-state index contributed by atoms with van der Waals surface area (Å²) in [6, 6.07) is 5.84. The van der Waals surface area contributed by atoms with Crippen LogP contribution in [-0.4, -0.2) is 50.8 Å². The van der Waals surface area contributed by atoms with Crippen LogP contribution in [0.1, 0.15) is 24.4 Å². The number of aryl methyl sites for hydroxylation is 1. The maximum absolute atomic E-state index is 10.9. The Balaban J connectivity index is 2.46. The van der Waals surface area contributed by atoms with Crippen LogP contribution >= 0.6 is 0 Å². The van der Waals surface area contributed by atoms with E-state index in [1.807, 2.05) is 36.6 Å². The first-order valence-electron chi connectivity index (χ1n) is 6.93. The molecule has 0 radical (unpaired) electrons. The molecule has 1 aromatic heterocycles. The minimum atomic E-state index is -0.870. The van der Waals surface area contributed by atoms with Crippen molar-refractivity contribution in [3.8, 4) is 0 Å². The van der Waals surface area contributed by atoms with E-state index >= 15 is 0 Å². The predicted molar refractivity (Wildman–Crippen MR) is 80.2 cm³/mol. The summed E-state index contributed by atoms with van der Waals surface area (Å²) in [7, 11) is 1.76. The number of fused-ring (bicyclic) bond motifs is 1. The molecule has 114 valence electrons. The second kappa shape index (κ2) is 6.24. The van der Waals surface area contributed by atoms with Crippen LogP contribution in [0.3, 0.4) is 0 Å². The SMILES string of the molecule is Cc1ccc2c(c1)nc(C(C)N(C)CC(=O)O)n2CCO. The van der Waals surface area contributed by atoms with Gasteiger partial charge in [-0.2, -0.15) is 0 Å². The molecule has 2 aromatic rings. The van der Waals surface area contributed by atoms with E-state index in [1.165, 1.54) is 0 Å². The molecule has 1 heterocycles. The number of hydrogen-bond donors (Lipinski definition) is 2. The fraction of sp³-hybridized carbons (Fsp3) is 0.467. The number of hydrogen-bond acceptors (Lipinski definition) is 4. The fourth-order valence-electron chi connectivity index (χ4n) is 2.46. The van der Waals surface area contributed by atoms with Crippen molar-refractivity contribution in [2.45, 2.75) is 26.4 Å². The molecule has 0 bridgehead atoms. The molecule has 0 spiro atoms. The van der Waals surface area contributed by atoms with Crippen LogP contribution in [-0.2, 0) is 11.3 Å². The second-order valence-electron chi connectivity index (χ2n) is 5.32. The van der Waals surface area contributed by atoms with Gasteiger partial charge in [-0.25, -0.2) is 4.98 Å². The van der Waals surface area contributed by atoms with Crippen LogP contribution in [0, 0.1) is 6.92 Å². The summed E-state index contributed by atoms with van der Waals surface area (Å²) in [5.74, 6) is -0.0987. The van der Waals surface area contributed by atoms with E-state index in [-0.39, 0.29) is 19.2 Å². The van der Waals surface area contributed by atoms with Gasteiger partial charge in [-0.3, -0.25) is 9.69 Å². The molecule has 0 amide bonds. The van der Waals surface area contributed by atoms with Gasteiger partial charge < -0.3 is 14.8 Å². The van der Waals surface area contributed by atoms with Crippen LogP contribution in [0.2, 0.25) is 0 Å². The first kappa shape index (κ1) is 15.5. The van der Waals surface area contributed by atoms with Gasteiger partial charge in [0.15, 0.2) is 0 Å². The van der Waals surface area contributed by atoms with Gasteiger partial charge in [-0.1, -0.05) is 6.07 Å². The summed E-state index contributed by atoms with van der Waals surface area (Å²) in [5.41, 5.74) is 2.95. The minimum Gasteiger partial charge on any atom is -0.480 e. The number of carbonyl (C=O) groups is 1. The van der Waals surface area contributed by atoms with Crippen molar-refractivity contribution in [2.24, 2.45) is 0 Å². The molecular formula is C15H21N3O3. The van der Waals surface area contributed by atoms with Crippen molar-refractivity contribution in [1.82, 2.24) is 14.5 Å². The highest BCUT2D eigenvalue weighted by Crippen LogP contribution is 2.24. The number of aliphatic hydroxyl groups is 1. The number of aliphatic carboxylic acids is 1. The Bertz CT molecular complexity index is 651. The largest absolute Gasteiger partial charge is 0.480 e. The van der Waals surface area contributed by atoms with Gasteiger partial charge in [0.25, 0.3) is 0 Å². The summed E-state index contributed by atoms with van der Waals surface area (Å²) in [6.45, 7) is 4.33. The monoisotopic (exact) mass is 291 g/mol. The maximum atomic E-state index is 10.9. The lowest BCUT2D eigenvalue weighted by Gasteiger charge is -2.23. The molecule has 21 heavy (non-hydrogen) atoms. The molecule has 0 saturated heterocycles. The third-order valence-corrected chi connectivity index (χ3v) is 3.68. The topological polar surface area (TPSA) is 78.6 Å². The third kappa shape index (κ3) is 3.22. The van der Waals surface area contributed by atoms with E-state index in [0.29, 0.717) is 6.54 Å². The number of imidazole rings is 1. The summed E-state index contributed by atoms with van der Waals surface area (Å²) < 4.78 is 1.96. The molecule has 0 aliphatic heterocycles.